The number of hydrogen-bond donors (Lipinski definition) is 2. The highest BCUT2D eigenvalue weighted by molar-refractivity contribution is 7.81. The molecule has 0 aromatic heterocycles. The van der Waals surface area contributed by atoms with Gasteiger partial charge in [0.2, 0.25) is 0 Å². The van der Waals surface area contributed by atoms with E-state index in [1.807, 2.05) is 0 Å². The van der Waals surface area contributed by atoms with Crippen molar-refractivity contribution in [3.63, 3.8) is 0 Å². The zero-order chi connectivity index (χ0) is 4.57. The van der Waals surface area contributed by atoms with Gasteiger partial charge < -0.3 is 5.11 Å². The van der Waals surface area contributed by atoms with E-state index in [0.717, 1.165) is 12.8 Å². The van der Waals surface area contributed by atoms with E-state index in [0.29, 0.717) is 0 Å². The van der Waals surface area contributed by atoms with Gasteiger partial charge in [0.15, 0.2) is 0 Å². The van der Waals surface area contributed by atoms with Gasteiger partial charge >= 0.3 is 0 Å². The standard InChI is InChI=1S/C4H8OS/c5-3-1-2-4(3)6/h3-6H,1-2H2/t3-,4+/m1/s1. The fourth-order valence-electron chi connectivity index (χ4n) is 0.465. The Bertz CT molecular complexity index is 47.5. The van der Waals surface area contributed by atoms with Crippen molar-refractivity contribution in [1.29, 1.82) is 0 Å². The molecule has 0 radical (unpaired) electrons. The van der Waals surface area contributed by atoms with Gasteiger partial charge in [-0.25, -0.2) is 0 Å². The summed E-state index contributed by atoms with van der Waals surface area (Å²) in [5, 5.41) is 8.92. The van der Waals surface area contributed by atoms with Crippen LogP contribution < -0.4 is 0 Å². The van der Waals surface area contributed by atoms with Gasteiger partial charge in [0, 0.05) is 5.25 Å². The summed E-state index contributed by atoms with van der Waals surface area (Å²) in [6.45, 7) is 0. The van der Waals surface area contributed by atoms with Gasteiger partial charge in [0.1, 0.15) is 0 Å². The Morgan fingerprint density at radius 3 is 2.00 bits per heavy atom. The molecule has 2 atom stereocenters. The lowest BCUT2D eigenvalue weighted by molar-refractivity contribution is 0.104. The van der Waals surface area contributed by atoms with Crippen molar-refractivity contribution in [1.82, 2.24) is 0 Å². The van der Waals surface area contributed by atoms with Gasteiger partial charge in [0.05, 0.1) is 6.10 Å². The SMILES string of the molecule is O[C@@H]1CC[C@@H]1S. The highest BCUT2D eigenvalue weighted by Crippen LogP contribution is 2.24. The minimum absolute atomic E-state index is 0.103. The zero-order valence-corrected chi connectivity index (χ0v) is 4.36. The summed E-state index contributed by atoms with van der Waals surface area (Å²) in [5.74, 6) is 0. The molecule has 0 amide bonds. The molecule has 0 bridgehead atoms. The highest BCUT2D eigenvalue weighted by Gasteiger charge is 2.24. The van der Waals surface area contributed by atoms with E-state index in [1.54, 1.807) is 0 Å². The van der Waals surface area contributed by atoms with E-state index in [9.17, 15) is 0 Å². The summed E-state index contributed by atoms with van der Waals surface area (Å²) in [6.07, 6.45) is 1.94. The maximum Gasteiger partial charge on any atom is 0.0656 e. The van der Waals surface area contributed by atoms with E-state index in [4.69, 9.17) is 5.11 Å². The van der Waals surface area contributed by atoms with Crippen molar-refractivity contribution in [2.24, 2.45) is 0 Å². The van der Waals surface area contributed by atoms with Crippen molar-refractivity contribution in [3.8, 4) is 0 Å². The molecular formula is C4H8OS. The van der Waals surface area contributed by atoms with Crippen LogP contribution in [0, 0.1) is 0 Å². The molecule has 6 heavy (non-hydrogen) atoms. The average Bonchev–Trinajstić information content (AvgIpc) is 1.61. The molecule has 0 unspecified atom stereocenters. The van der Waals surface area contributed by atoms with Gasteiger partial charge in [-0.15, -0.1) is 0 Å². The minimum Gasteiger partial charge on any atom is -0.392 e. The van der Waals surface area contributed by atoms with E-state index in [-0.39, 0.29) is 11.4 Å². The molecule has 1 aliphatic rings. The molecule has 1 saturated carbocycles. The number of rotatable bonds is 0. The summed E-state index contributed by atoms with van der Waals surface area (Å²) in [6, 6.07) is 0. The van der Waals surface area contributed by atoms with Crippen LogP contribution in [-0.4, -0.2) is 16.5 Å². The molecule has 1 N–H and O–H groups in total. The van der Waals surface area contributed by atoms with Crippen molar-refractivity contribution in [3.05, 3.63) is 0 Å². The molecule has 1 nitrogen and oxygen atoms in total. The lowest BCUT2D eigenvalue weighted by Gasteiger charge is -2.27. The van der Waals surface area contributed by atoms with E-state index >= 15 is 0 Å². The molecular weight excluding hydrogens is 96.1 g/mol. The van der Waals surface area contributed by atoms with Crippen molar-refractivity contribution < 1.29 is 5.11 Å². The second kappa shape index (κ2) is 1.43. The zero-order valence-electron chi connectivity index (χ0n) is 3.46. The second-order valence-electron chi connectivity index (χ2n) is 1.71. The topological polar surface area (TPSA) is 20.2 Å². The van der Waals surface area contributed by atoms with Gasteiger partial charge in [-0.1, -0.05) is 0 Å². The van der Waals surface area contributed by atoms with Crippen LogP contribution in [0.4, 0.5) is 0 Å². The Hall–Kier alpha value is 0.310. The van der Waals surface area contributed by atoms with Crippen LogP contribution in [0.2, 0.25) is 0 Å². The Morgan fingerprint density at radius 1 is 1.50 bits per heavy atom. The van der Waals surface area contributed by atoms with E-state index in [2.05, 4.69) is 12.6 Å². The lowest BCUT2D eigenvalue weighted by Crippen LogP contribution is -2.31. The lowest BCUT2D eigenvalue weighted by atomic mass is 9.96. The number of aliphatic hydroxyl groups excluding tert-OH is 1. The maximum absolute atomic E-state index is 8.64. The van der Waals surface area contributed by atoms with Gasteiger partial charge in [0.25, 0.3) is 0 Å². The summed E-state index contributed by atoms with van der Waals surface area (Å²) in [5.41, 5.74) is 0. The first-order chi connectivity index (χ1) is 2.80. The first-order valence-corrected chi connectivity index (χ1v) is 2.68. The van der Waals surface area contributed by atoms with Crippen molar-refractivity contribution in [2.75, 3.05) is 0 Å². The average molecular weight is 104 g/mol. The number of thiol groups is 1. The predicted molar refractivity (Wildman–Crippen MR) is 28.0 cm³/mol. The predicted octanol–water partition coefficient (Wildman–Crippen LogP) is 0.440. The molecule has 0 aliphatic heterocycles. The molecule has 0 heterocycles. The highest BCUT2D eigenvalue weighted by atomic mass is 32.1. The molecule has 1 rings (SSSR count). The monoisotopic (exact) mass is 104 g/mol. The van der Waals surface area contributed by atoms with Gasteiger partial charge in [-0.05, 0) is 12.8 Å². The molecule has 1 fully saturated rings. The van der Waals surface area contributed by atoms with E-state index in [1.165, 1.54) is 0 Å². The molecule has 0 aromatic carbocycles. The Labute approximate surface area is 42.8 Å². The Kier molecular flexibility index (Phi) is 1.06. The maximum atomic E-state index is 8.64. The fourth-order valence-corrected chi connectivity index (χ4v) is 0.763. The minimum atomic E-state index is -0.103. The van der Waals surface area contributed by atoms with Crippen LogP contribution in [0.1, 0.15) is 12.8 Å². The third-order valence-corrected chi connectivity index (χ3v) is 1.80. The Balaban J connectivity index is 2.20. The third kappa shape index (κ3) is 0.545. The number of hydrogen-bond acceptors (Lipinski definition) is 2. The van der Waals surface area contributed by atoms with Gasteiger partial charge in [-0.2, -0.15) is 12.6 Å². The largest absolute Gasteiger partial charge is 0.392 e. The molecule has 1 aliphatic carbocycles. The van der Waals surface area contributed by atoms with Crippen LogP contribution >= 0.6 is 12.6 Å². The van der Waals surface area contributed by atoms with Crippen LogP contribution in [0.3, 0.4) is 0 Å². The molecule has 36 valence electrons. The Morgan fingerprint density at radius 2 is 2.00 bits per heavy atom. The number of aliphatic hydroxyl groups is 1. The molecule has 0 spiro atoms. The van der Waals surface area contributed by atoms with Crippen LogP contribution in [0.25, 0.3) is 0 Å². The van der Waals surface area contributed by atoms with Crippen LogP contribution in [0.5, 0.6) is 0 Å². The van der Waals surface area contributed by atoms with Crippen molar-refractivity contribution in [2.45, 2.75) is 24.2 Å². The van der Waals surface area contributed by atoms with Crippen LogP contribution in [0.15, 0.2) is 0 Å². The summed E-state index contributed by atoms with van der Waals surface area (Å²) < 4.78 is 0. The second-order valence-corrected chi connectivity index (χ2v) is 2.38. The third-order valence-electron chi connectivity index (χ3n) is 1.20. The normalized spacial score (nSPS) is 45.0. The molecule has 0 aromatic rings. The first kappa shape index (κ1) is 4.47. The van der Waals surface area contributed by atoms with Crippen molar-refractivity contribution >= 4 is 12.6 Å². The summed E-state index contributed by atoms with van der Waals surface area (Å²) in [7, 11) is 0. The van der Waals surface area contributed by atoms with Gasteiger partial charge in [-0.3, -0.25) is 0 Å². The smallest absolute Gasteiger partial charge is 0.0656 e. The quantitative estimate of drug-likeness (QED) is 0.427. The summed E-state index contributed by atoms with van der Waals surface area (Å²) in [4.78, 5) is 0. The molecule has 0 saturated heterocycles. The molecule has 2 heteroatoms. The first-order valence-electron chi connectivity index (χ1n) is 2.17. The summed E-state index contributed by atoms with van der Waals surface area (Å²) >= 11 is 4.03. The van der Waals surface area contributed by atoms with E-state index < -0.39 is 0 Å². The fraction of sp³-hybridized carbons (Fsp3) is 1.00. The van der Waals surface area contributed by atoms with Crippen LogP contribution in [-0.2, 0) is 0 Å².